The number of carbonyl (C=O) groups is 2. The number of thiocarbonyl (C=S) groups is 1. The van der Waals surface area contributed by atoms with Crippen LogP contribution in [0.5, 0.6) is 0 Å². The summed E-state index contributed by atoms with van der Waals surface area (Å²) in [7, 11) is 1.78. The molecule has 0 aromatic heterocycles. The predicted molar refractivity (Wildman–Crippen MR) is 131 cm³/mol. The van der Waals surface area contributed by atoms with Crippen molar-refractivity contribution in [2.75, 3.05) is 17.7 Å². The molecular formula is C23H24ClFN4O3S. The monoisotopic (exact) mass is 490 g/mol. The minimum Gasteiger partial charge on any atom is -0.459 e. The Bertz CT molecular complexity index is 1120. The molecule has 2 amide bonds. The summed E-state index contributed by atoms with van der Waals surface area (Å²) in [4.78, 5) is 26.8. The van der Waals surface area contributed by atoms with Crippen LogP contribution in [0.3, 0.4) is 0 Å². The fraction of sp³-hybridized carbons (Fsp3) is 0.261. The number of nitrogens with one attached hydrogen (secondary N) is 3. The molecule has 0 saturated carbocycles. The molecular weight excluding hydrogens is 467 g/mol. The molecule has 0 spiro atoms. The van der Waals surface area contributed by atoms with Crippen molar-refractivity contribution in [3.05, 3.63) is 70.1 Å². The largest absolute Gasteiger partial charge is 0.459 e. The van der Waals surface area contributed by atoms with Crippen molar-refractivity contribution in [1.29, 1.82) is 0 Å². The fourth-order valence-electron chi connectivity index (χ4n) is 3.25. The van der Waals surface area contributed by atoms with Crippen LogP contribution < -0.4 is 16.0 Å². The smallest absolute Gasteiger partial charge is 0.338 e. The van der Waals surface area contributed by atoms with E-state index in [-0.39, 0.29) is 11.1 Å². The Morgan fingerprint density at radius 1 is 1.15 bits per heavy atom. The van der Waals surface area contributed by atoms with Crippen LogP contribution in [0.2, 0.25) is 5.02 Å². The van der Waals surface area contributed by atoms with Crippen LogP contribution in [0.1, 0.15) is 32.4 Å². The molecule has 174 valence electrons. The molecule has 3 rings (SSSR count). The highest BCUT2D eigenvalue weighted by Crippen LogP contribution is 2.31. The highest BCUT2D eigenvalue weighted by Gasteiger charge is 2.33. The first-order chi connectivity index (χ1) is 15.6. The maximum Gasteiger partial charge on any atom is 0.338 e. The molecule has 0 bridgehead atoms. The molecule has 2 aromatic carbocycles. The molecule has 0 fully saturated rings. The number of amides is 2. The summed E-state index contributed by atoms with van der Waals surface area (Å²) < 4.78 is 18.7. The number of benzene rings is 2. The quantitative estimate of drug-likeness (QED) is 0.394. The third-order valence-corrected chi connectivity index (χ3v) is 5.68. The lowest BCUT2D eigenvalue weighted by Gasteiger charge is -2.35. The first kappa shape index (κ1) is 24.5. The van der Waals surface area contributed by atoms with E-state index in [2.05, 4.69) is 16.0 Å². The topological polar surface area (TPSA) is 82.7 Å². The van der Waals surface area contributed by atoms with Crippen molar-refractivity contribution in [2.24, 2.45) is 0 Å². The molecule has 1 aliphatic rings. The highest BCUT2D eigenvalue weighted by molar-refractivity contribution is 7.80. The van der Waals surface area contributed by atoms with Gasteiger partial charge in [0.1, 0.15) is 5.82 Å². The second-order valence-corrected chi connectivity index (χ2v) is 8.52. The van der Waals surface area contributed by atoms with Gasteiger partial charge >= 0.3 is 12.0 Å². The number of allylic oxidation sites excluding steroid dienone is 1. The molecule has 1 unspecified atom stereocenters. The predicted octanol–water partition coefficient (Wildman–Crippen LogP) is 5.21. The Morgan fingerprint density at radius 2 is 1.76 bits per heavy atom. The van der Waals surface area contributed by atoms with E-state index in [1.165, 1.54) is 18.2 Å². The first-order valence-electron chi connectivity index (χ1n) is 10.2. The van der Waals surface area contributed by atoms with Gasteiger partial charge in [0, 0.05) is 24.1 Å². The average Bonchev–Trinajstić information content (AvgIpc) is 2.74. The highest BCUT2D eigenvalue weighted by atomic mass is 35.5. The lowest BCUT2D eigenvalue weighted by molar-refractivity contribution is -0.143. The van der Waals surface area contributed by atoms with Crippen molar-refractivity contribution < 1.29 is 18.7 Å². The Hall–Kier alpha value is -3.17. The maximum atomic E-state index is 13.3. The zero-order valence-corrected chi connectivity index (χ0v) is 20.1. The minimum atomic E-state index is -0.568. The number of hydrogen-bond donors (Lipinski definition) is 3. The van der Waals surface area contributed by atoms with Crippen molar-refractivity contribution in [3.8, 4) is 0 Å². The molecule has 1 aliphatic heterocycles. The van der Waals surface area contributed by atoms with Gasteiger partial charge in [0.25, 0.3) is 0 Å². The van der Waals surface area contributed by atoms with Gasteiger partial charge in [-0.2, -0.15) is 0 Å². The third kappa shape index (κ3) is 5.80. The fourth-order valence-corrected chi connectivity index (χ4v) is 3.69. The van der Waals surface area contributed by atoms with Gasteiger partial charge in [0.2, 0.25) is 0 Å². The van der Waals surface area contributed by atoms with E-state index in [0.717, 1.165) is 5.56 Å². The van der Waals surface area contributed by atoms with Gasteiger partial charge in [-0.3, -0.25) is 0 Å². The van der Waals surface area contributed by atoms with Crippen LogP contribution in [-0.4, -0.2) is 35.2 Å². The number of carbonyl (C=O) groups excluding carboxylic acids is 2. The van der Waals surface area contributed by atoms with Crippen LogP contribution in [0.15, 0.2) is 53.7 Å². The lowest BCUT2D eigenvalue weighted by atomic mass is 9.95. The summed E-state index contributed by atoms with van der Waals surface area (Å²) in [5.74, 6) is -0.991. The summed E-state index contributed by atoms with van der Waals surface area (Å²) in [6.45, 7) is 5.40. The minimum absolute atomic E-state index is 0.0872. The van der Waals surface area contributed by atoms with Gasteiger partial charge in [0.05, 0.1) is 22.7 Å². The second-order valence-electron chi connectivity index (χ2n) is 7.72. The molecule has 1 heterocycles. The van der Waals surface area contributed by atoms with E-state index in [0.29, 0.717) is 27.8 Å². The number of rotatable bonds is 5. The van der Waals surface area contributed by atoms with Crippen LogP contribution >= 0.6 is 23.8 Å². The number of hydrogen-bond acceptors (Lipinski definition) is 4. The van der Waals surface area contributed by atoms with Gasteiger partial charge < -0.3 is 25.6 Å². The molecule has 0 saturated heterocycles. The van der Waals surface area contributed by atoms with Crippen molar-refractivity contribution >= 4 is 52.3 Å². The normalized spacial score (nSPS) is 15.9. The molecule has 2 aromatic rings. The molecule has 0 aliphatic carbocycles. The Balaban J connectivity index is 1.77. The van der Waals surface area contributed by atoms with E-state index in [1.54, 1.807) is 50.1 Å². The van der Waals surface area contributed by atoms with Crippen molar-refractivity contribution in [3.63, 3.8) is 0 Å². The van der Waals surface area contributed by atoms with Crippen LogP contribution in [0.25, 0.3) is 0 Å². The lowest BCUT2D eigenvalue weighted by Crippen LogP contribution is -2.46. The number of urea groups is 1. The summed E-state index contributed by atoms with van der Waals surface area (Å²) >= 11 is 11.1. The van der Waals surface area contributed by atoms with Crippen molar-refractivity contribution in [2.45, 2.75) is 32.9 Å². The Kier molecular flexibility index (Phi) is 7.55. The molecule has 7 nitrogen and oxygen atoms in total. The van der Waals surface area contributed by atoms with E-state index in [9.17, 15) is 14.0 Å². The zero-order chi connectivity index (χ0) is 24.3. The summed E-state index contributed by atoms with van der Waals surface area (Å²) in [6, 6.07) is 9.87. The molecule has 1 atom stereocenters. The van der Waals surface area contributed by atoms with Gasteiger partial charge in [-0.15, -0.1) is 0 Å². The molecule has 10 heteroatoms. The van der Waals surface area contributed by atoms with Gasteiger partial charge in [-0.1, -0.05) is 23.7 Å². The number of ether oxygens (including phenoxy) is 1. The van der Waals surface area contributed by atoms with E-state index in [1.807, 2.05) is 6.92 Å². The summed E-state index contributed by atoms with van der Waals surface area (Å²) in [6.07, 6.45) is -0.265. The third-order valence-electron chi connectivity index (χ3n) is 5.00. The van der Waals surface area contributed by atoms with Gasteiger partial charge in [0.15, 0.2) is 5.11 Å². The Labute approximate surface area is 201 Å². The maximum absolute atomic E-state index is 13.3. The van der Waals surface area contributed by atoms with Crippen LogP contribution in [-0.2, 0) is 9.53 Å². The Morgan fingerprint density at radius 3 is 2.36 bits per heavy atom. The number of nitrogens with zero attached hydrogens (tertiary/aromatic N) is 1. The number of halogens is 2. The van der Waals surface area contributed by atoms with Gasteiger partial charge in [-0.05, 0) is 68.9 Å². The van der Waals surface area contributed by atoms with E-state index < -0.39 is 23.9 Å². The van der Waals surface area contributed by atoms with Crippen molar-refractivity contribution in [1.82, 2.24) is 10.2 Å². The van der Waals surface area contributed by atoms with Gasteiger partial charge in [-0.25, -0.2) is 14.0 Å². The SMILES string of the molecule is CC1=C(C(=O)OC(C)C)C(c2ccc(NC(=O)Nc3ccc(F)c(Cl)c3)cc2)NC(=S)N1C. The standard InChI is InChI=1S/C23H24ClFN4O3S/c1-12(2)32-21(30)19-13(3)29(4)23(33)28-20(19)14-5-7-15(8-6-14)26-22(31)27-16-9-10-18(25)17(24)11-16/h5-12,20H,1-4H3,(H,28,33)(H2,26,27,31). The summed E-state index contributed by atoms with van der Waals surface area (Å²) in [5, 5.41) is 8.86. The van der Waals surface area contributed by atoms with E-state index >= 15 is 0 Å². The average molecular weight is 491 g/mol. The summed E-state index contributed by atoms with van der Waals surface area (Å²) in [5.41, 5.74) is 2.82. The first-order valence-corrected chi connectivity index (χ1v) is 10.9. The van der Waals surface area contributed by atoms with Crippen LogP contribution in [0, 0.1) is 5.82 Å². The zero-order valence-electron chi connectivity index (χ0n) is 18.5. The van der Waals surface area contributed by atoms with E-state index in [4.69, 9.17) is 28.6 Å². The second kappa shape index (κ2) is 10.2. The number of anilines is 2. The number of esters is 1. The molecule has 3 N–H and O–H groups in total. The van der Waals surface area contributed by atoms with Crippen LogP contribution in [0.4, 0.5) is 20.6 Å². The molecule has 0 radical (unpaired) electrons. The molecule has 33 heavy (non-hydrogen) atoms.